The van der Waals surface area contributed by atoms with Gasteiger partial charge in [-0.1, -0.05) is 0 Å². The van der Waals surface area contributed by atoms with E-state index in [1.54, 1.807) is 0 Å². The number of hydrogen-bond acceptors (Lipinski definition) is 2. The summed E-state index contributed by atoms with van der Waals surface area (Å²) < 4.78 is 0. The van der Waals surface area contributed by atoms with E-state index in [2.05, 4.69) is 44.6 Å². The molecular weight excluding hydrogens is 124 g/mol. The second kappa shape index (κ2) is 2.51. The van der Waals surface area contributed by atoms with Crippen LogP contribution in [0.25, 0.3) is 0 Å². The van der Waals surface area contributed by atoms with Gasteiger partial charge in [0.15, 0.2) is 0 Å². The zero-order valence-electron chi connectivity index (χ0n) is 7.23. The first kappa shape index (κ1) is 8.02. The summed E-state index contributed by atoms with van der Waals surface area (Å²) >= 11 is 0. The highest BCUT2D eigenvalue weighted by molar-refractivity contribution is 4.94. The number of rotatable bonds is 1. The predicted octanol–water partition coefficient (Wildman–Crippen LogP) is 1.07. The summed E-state index contributed by atoms with van der Waals surface area (Å²) in [5.41, 5.74) is 0.213. The lowest BCUT2D eigenvalue weighted by Crippen LogP contribution is -2.35. The Hall–Kier alpha value is -0.0800. The van der Waals surface area contributed by atoms with E-state index in [0.29, 0.717) is 6.04 Å². The third-order valence-corrected chi connectivity index (χ3v) is 1.73. The summed E-state index contributed by atoms with van der Waals surface area (Å²) in [7, 11) is 0. The van der Waals surface area contributed by atoms with E-state index in [9.17, 15) is 0 Å². The van der Waals surface area contributed by atoms with Crippen molar-refractivity contribution in [2.45, 2.75) is 39.3 Å². The van der Waals surface area contributed by atoms with Gasteiger partial charge >= 0.3 is 0 Å². The Kier molecular flexibility index (Phi) is 2.02. The van der Waals surface area contributed by atoms with E-state index >= 15 is 0 Å². The van der Waals surface area contributed by atoms with Crippen LogP contribution in [0, 0.1) is 6.67 Å². The summed E-state index contributed by atoms with van der Waals surface area (Å²) in [6, 6.07) is 0.564. The molecule has 0 atom stereocenters. The monoisotopic (exact) mass is 140 g/mol. The average molecular weight is 140 g/mol. The highest BCUT2D eigenvalue weighted by Gasteiger charge is 2.30. The van der Waals surface area contributed by atoms with Gasteiger partial charge in [-0.3, -0.25) is 10.2 Å². The highest BCUT2D eigenvalue weighted by Crippen LogP contribution is 2.16. The molecule has 1 aliphatic rings. The molecule has 1 aliphatic heterocycles. The van der Waals surface area contributed by atoms with Crippen LogP contribution < -0.4 is 5.32 Å². The summed E-state index contributed by atoms with van der Waals surface area (Å²) in [4.78, 5) is 2.19. The summed E-state index contributed by atoms with van der Waals surface area (Å²) in [5.74, 6) is 0. The first-order chi connectivity index (χ1) is 4.51. The van der Waals surface area contributed by atoms with Gasteiger partial charge < -0.3 is 0 Å². The third kappa shape index (κ3) is 1.70. The maximum absolute atomic E-state index is 3.20. The number of hydrogen-bond donors (Lipinski definition) is 1. The van der Waals surface area contributed by atoms with Crippen molar-refractivity contribution >= 4 is 0 Å². The molecule has 2 heteroatoms. The van der Waals surface area contributed by atoms with Crippen LogP contribution in [0.2, 0.25) is 0 Å². The number of nitrogens with one attached hydrogen (secondary N) is 1. The van der Waals surface area contributed by atoms with Gasteiger partial charge in [0.1, 0.15) is 6.67 Å². The van der Waals surface area contributed by atoms with Crippen molar-refractivity contribution in [1.29, 1.82) is 0 Å². The molecule has 0 amide bonds. The van der Waals surface area contributed by atoms with Crippen LogP contribution in [-0.2, 0) is 0 Å². The van der Waals surface area contributed by atoms with Crippen molar-refractivity contribution in [2.24, 2.45) is 0 Å². The quantitative estimate of drug-likeness (QED) is 0.586. The lowest BCUT2D eigenvalue weighted by atomic mass is 10.1. The Morgan fingerprint density at radius 2 is 2.10 bits per heavy atom. The zero-order valence-corrected chi connectivity index (χ0v) is 7.23. The fourth-order valence-electron chi connectivity index (χ4n) is 1.04. The fourth-order valence-corrected chi connectivity index (χ4v) is 1.04. The average Bonchev–Trinajstić information content (AvgIpc) is 2.10. The molecule has 1 N–H and O–H groups in total. The van der Waals surface area contributed by atoms with Crippen LogP contribution in [0.5, 0.6) is 0 Å². The first-order valence-electron chi connectivity index (χ1n) is 3.81. The lowest BCUT2D eigenvalue weighted by molar-refractivity contribution is 0.294. The summed E-state index contributed by atoms with van der Waals surface area (Å²) in [6.07, 6.45) is 0. The Bertz CT molecular complexity index is 118. The van der Waals surface area contributed by atoms with E-state index in [0.717, 1.165) is 6.54 Å². The van der Waals surface area contributed by atoms with E-state index in [1.165, 1.54) is 0 Å². The van der Waals surface area contributed by atoms with Crippen LogP contribution in [-0.4, -0.2) is 23.0 Å². The molecule has 1 heterocycles. The van der Waals surface area contributed by atoms with Gasteiger partial charge in [0.05, 0.1) is 0 Å². The molecule has 0 aromatic rings. The molecule has 58 valence electrons. The molecule has 0 aromatic heterocycles. The molecule has 0 aliphatic carbocycles. The minimum Gasteiger partial charge on any atom is -0.287 e. The van der Waals surface area contributed by atoms with E-state index in [-0.39, 0.29) is 5.54 Å². The zero-order chi connectivity index (χ0) is 7.78. The Balaban J connectivity index is 2.43. The Labute approximate surface area is 63.6 Å². The molecule has 0 spiro atoms. The van der Waals surface area contributed by atoms with Crippen LogP contribution in [0.3, 0.4) is 0 Å². The predicted molar refractivity (Wildman–Crippen MR) is 42.3 cm³/mol. The van der Waals surface area contributed by atoms with Gasteiger partial charge in [-0.25, -0.2) is 0 Å². The van der Waals surface area contributed by atoms with Gasteiger partial charge in [-0.15, -0.1) is 0 Å². The van der Waals surface area contributed by atoms with Gasteiger partial charge in [-0.05, 0) is 27.7 Å². The SMILES string of the molecule is CC(C)N1[C]NC(C)(C)C1. The highest BCUT2D eigenvalue weighted by atomic mass is 15.3. The van der Waals surface area contributed by atoms with E-state index in [4.69, 9.17) is 0 Å². The second-order valence-electron chi connectivity index (χ2n) is 3.84. The maximum Gasteiger partial charge on any atom is 0.144 e. The molecule has 2 radical (unpaired) electrons. The molecular formula is C8H16N2. The van der Waals surface area contributed by atoms with Gasteiger partial charge in [0.25, 0.3) is 0 Å². The standard InChI is InChI=1S/C8H16N2/c1-7(2)10-5-8(3,4)9-6-10/h7,9H,5H2,1-4H3. The van der Waals surface area contributed by atoms with Crippen LogP contribution in [0.15, 0.2) is 0 Å². The molecule has 1 saturated heterocycles. The fraction of sp³-hybridized carbons (Fsp3) is 0.875. The number of nitrogens with zero attached hydrogens (tertiary/aromatic N) is 1. The van der Waals surface area contributed by atoms with Crippen LogP contribution >= 0.6 is 0 Å². The largest absolute Gasteiger partial charge is 0.287 e. The van der Waals surface area contributed by atoms with Gasteiger partial charge in [-0.2, -0.15) is 0 Å². The van der Waals surface area contributed by atoms with Gasteiger partial charge in [0.2, 0.25) is 0 Å². The summed E-state index contributed by atoms with van der Waals surface area (Å²) in [6.45, 7) is 12.9. The first-order valence-corrected chi connectivity index (χ1v) is 3.81. The molecule has 0 unspecified atom stereocenters. The van der Waals surface area contributed by atoms with Crippen molar-refractivity contribution < 1.29 is 0 Å². The molecule has 0 aromatic carbocycles. The Morgan fingerprint density at radius 3 is 2.30 bits per heavy atom. The van der Waals surface area contributed by atoms with E-state index in [1.807, 2.05) is 0 Å². The molecule has 1 rings (SSSR count). The molecule has 1 fully saturated rings. The smallest absolute Gasteiger partial charge is 0.144 e. The molecule has 10 heavy (non-hydrogen) atoms. The van der Waals surface area contributed by atoms with E-state index < -0.39 is 0 Å². The molecule has 0 saturated carbocycles. The van der Waals surface area contributed by atoms with Crippen molar-refractivity contribution in [1.82, 2.24) is 10.2 Å². The van der Waals surface area contributed by atoms with Crippen molar-refractivity contribution in [3.05, 3.63) is 6.67 Å². The van der Waals surface area contributed by atoms with Crippen LogP contribution in [0.4, 0.5) is 0 Å². The molecule has 2 nitrogen and oxygen atoms in total. The van der Waals surface area contributed by atoms with Crippen molar-refractivity contribution in [3.63, 3.8) is 0 Å². The summed E-state index contributed by atoms with van der Waals surface area (Å²) in [5, 5.41) is 3.20. The minimum atomic E-state index is 0.213. The Morgan fingerprint density at radius 1 is 1.50 bits per heavy atom. The molecule has 0 bridgehead atoms. The third-order valence-electron chi connectivity index (χ3n) is 1.73. The topological polar surface area (TPSA) is 15.3 Å². The van der Waals surface area contributed by atoms with Crippen LogP contribution in [0.1, 0.15) is 27.7 Å². The van der Waals surface area contributed by atoms with Crippen molar-refractivity contribution in [3.8, 4) is 0 Å². The second-order valence-corrected chi connectivity index (χ2v) is 3.84. The minimum absolute atomic E-state index is 0.213. The maximum atomic E-state index is 3.20. The lowest BCUT2D eigenvalue weighted by Gasteiger charge is -2.20. The van der Waals surface area contributed by atoms with Crippen molar-refractivity contribution in [2.75, 3.05) is 6.54 Å². The van der Waals surface area contributed by atoms with Gasteiger partial charge in [0, 0.05) is 18.1 Å². The normalized spacial score (nSPS) is 26.1.